The third kappa shape index (κ3) is 3.89. The SMILES string of the molecule is CCOC[C@H](O)CN1CCN(C(=O)c2ccc3nncn3c2)CC1. The van der Waals surface area contributed by atoms with Gasteiger partial charge in [0.1, 0.15) is 6.33 Å². The number of aliphatic hydroxyl groups excluding tert-OH is 1. The van der Waals surface area contributed by atoms with Gasteiger partial charge in [0.15, 0.2) is 5.65 Å². The van der Waals surface area contributed by atoms with Gasteiger partial charge in [0.2, 0.25) is 0 Å². The number of carbonyl (C=O) groups excluding carboxylic acids is 1. The van der Waals surface area contributed by atoms with E-state index < -0.39 is 6.10 Å². The molecule has 1 aliphatic heterocycles. The van der Waals surface area contributed by atoms with Crippen LogP contribution in [-0.2, 0) is 4.74 Å². The second-order valence-corrected chi connectivity index (χ2v) is 5.92. The van der Waals surface area contributed by atoms with E-state index >= 15 is 0 Å². The predicted molar refractivity (Wildman–Crippen MR) is 87.8 cm³/mol. The quantitative estimate of drug-likeness (QED) is 0.794. The molecule has 1 N–H and O–H groups in total. The molecule has 3 rings (SSSR count). The number of hydrogen-bond acceptors (Lipinski definition) is 6. The zero-order chi connectivity index (χ0) is 16.9. The standard InChI is InChI=1S/C16H23N5O3/c1-2-24-11-14(22)10-19-5-7-20(8-6-19)16(23)13-3-4-15-18-17-12-21(15)9-13/h3-4,9,12,14,22H,2,5-8,10-11H2,1H3/t14-/m1/s1. The van der Waals surface area contributed by atoms with Gasteiger partial charge in [0.25, 0.3) is 5.91 Å². The Morgan fingerprint density at radius 1 is 1.33 bits per heavy atom. The van der Waals surface area contributed by atoms with Crippen LogP contribution < -0.4 is 0 Å². The lowest BCUT2D eigenvalue weighted by molar-refractivity contribution is 0.0111. The number of fused-ring (bicyclic) bond motifs is 1. The zero-order valence-corrected chi connectivity index (χ0v) is 13.8. The summed E-state index contributed by atoms with van der Waals surface area (Å²) in [6, 6.07) is 3.57. The fraction of sp³-hybridized carbons (Fsp3) is 0.562. The largest absolute Gasteiger partial charge is 0.389 e. The number of ether oxygens (including phenoxy) is 1. The number of hydrogen-bond donors (Lipinski definition) is 1. The highest BCUT2D eigenvalue weighted by atomic mass is 16.5. The topological polar surface area (TPSA) is 83.2 Å². The third-order valence-electron chi connectivity index (χ3n) is 4.18. The molecule has 0 bridgehead atoms. The summed E-state index contributed by atoms with van der Waals surface area (Å²) in [5, 5.41) is 17.7. The van der Waals surface area contributed by atoms with Crippen LogP contribution in [0.5, 0.6) is 0 Å². The maximum Gasteiger partial charge on any atom is 0.255 e. The van der Waals surface area contributed by atoms with Crippen LogP contribution in [-0.4, -0.2) is 87.5 Å². The first-order valence-corrected chi connectivity index (χ1v) is 8.24. The summed E-state index contributed by atoms with van der Waals surface area (Å²) in [7, 11) is 0. The van der Waals surface area contributed by atoms with E-state index in [0.717, 1.165) is 18.7 Å². The van der Waals surface area contributed by atoms with Crippen LogP contribution in [0.4, 0.5) is 0 Å². The van der Waals surface area contributed by atoms with Crippen molar-refractivity contribution < 1.29 is 14.6 Å². The van der Waals surface area contributed by atoms with Gasteiger partial charge < -0.3 is 14.7 Å². The Morgan fingerprint density at radius 2 is 2.12 bits per heavy atom. The molecule has 0 spiro atoms. The molecule has 0 unspecified atom stereocenters. The lowest BCUT2D eigenvalue weighted by Crippen LogP contribution is -2.50. The maximum absolute atomic E-state index is 12.6. The highest BCUT2D eigenvalue weighted by Gasteiger charge is 2.23. The molecule has 1 amide bonds. The maximum atomic E-state index is 12.6. The van der Waals surface area contributed by atoms with Crippen LogP contribution in [0.1, 0.15) is 17.3 Å². The van der Waals surface area contributed by atoms with Crippen molar-refractivity contribution in [2.24, 2.45) is 0 Å². The third-order valence-corrected chi connectivity index (χ3v) is 4.18. The summed E-state index contributed by atoms with van der Waals surface area (Å²) in [6.45, 7) is 6.27. The van der Waals surface area contributed by atoms with E-state index in [1.54, 1.807) is 29.1 Å². The van der Waals surface area contributed by atoms with E-state index in [9.17, 15) is 9.90 Å². The first-order chi connectivity index (χ1) is 11.7. The molecule has 0 aliphatic carbocycles. The Morgan fingerprint density at radius 3 is 2.88 bits per heavy atom. The van der Waals surface area contributed by atoms with E-state index in [0.29, 0.717) is 38.4 Å². The van der Waals surface area contributed by atoms with Gasteiger partial charge in [0, 0.05) is 45.5 Å². The van der Waals surface area contributed by atoms with Crippen molar-refractivity contribution in [3.8, 4) is 0 Å². The molecule has 24 heavy (non-hydrogen) atoms. The molecule has 130 valence electrons. The Hall–Kier alpha value is -2.03. The van der Waals surface area contributed by atoms with Gasteiger partial charge in [-0.1, -0.05) is 0 Å². The van der Waals surface area contributed by atoms with Crippen LogP contribution in [0.25, 0.3) is 5.65 Å². The number of nitrogens with zero attached hydrogens (tertiary/aromatic N) is 5. The van der Waals surface area contributed by atoms with Gasteiger partial charge in [-0.15, -0.1) is 10.2 Å². The van der Waals surface area contributed by atoms with Crippen LogP contribution in [0.2, 0.25) is 0 Å². The Bertz CT molecular complexity index is 681. The second-order valence-electron chi connectivity index (χ2n) is 5.92. The summed E-state index contributed by atoms with van der Waals surface area (Å²) in [4.78, 5) is 16.6. The van der Waals surface area contributed by atoms with E-state index in [-0.39, 0.29) is 5.91 Å². The van der Waals surface area contributed by atoms with Crippen LogP contribution in [0.15, 0.2) is 24.7 Å². The number of aromatic nitrogens is 3. The molecule has 1 saturated heterocycles. The molecule has 8 nitrogen and oxygen atoms in total. The minimum Gasteiger partial charge on any atom is -0.389 e. The lowest BCUT2D eigenvalue weighted by Gasteiger charge is -2.35. The molecule has 0 radical (unpaired) electrons. The van der Waals surface area contributed by atoms with Gasteiger partial charge in [-0.3, -0.25) is 14.1 Å². The van der Waals surface area contributed by atoms with Crippen molar-refractivity contribution in [2.75, 3.05) is 45.9 Å². The first kappa shape index (κ1) is 16.8. The van der Waals surface area contributed by atoms with Crippen LogP contribution >= 0.6 is 0 Å². The molecule has 1 fully saturated rings. The highest BCUT2D eigenvalue weighted by molar-refractivity contribution is 5.94. The number of amides is 1. The second kappa shape index (κ2) is 7.69. The molecule has 0 saturated carbocycles. The molecule has 3 heterocycles. The monoisotopic (exact) mass is 333 g/mol. The van der Waals surface area contributed by atoms with Gasteiger partial charge in [-0.2, -0.15) is 0 Å². The fourth-order valence-corrected chi connectivity index (χ4v) is 2.87. The molecular formula is C16H23N5O3. The Balaban J connectivity index is 1.53. The van der Waals surface area contributed by atoms with Gasteiger partial charge in [0.05, 0.1) is 18.3 Å². The number of piperazine rings is 1. The minimum atomic E-state index is -0.483. The summed E-state index contributed by atoms with van der Waals surface area (Å²) < 4.78 is 6.97. The van der Waals surface area contributed by atoms with E-state index in [1.807, 2.05) is 11.8 Å². The van der Waals surface area contributed by atoms with Gasteiger partial charge in [-0.05, 0) is 19.1 Å². The van der Waals surface area contributed by atoms with Crippen molar-refractivity contribution >= 4 is 11.6 Å². The summed E-state index contributed by atoms with van der Waals surface area (Å²) in [6.07, 6.45) is 2.86. The van der Waals surface area contributed by atoms with Crippen LogP contribution in [0.3, 0.4) is 0 Å². The summed E-state index contributed by atoms with van der Waals surface area (Å²) >= 11 is 0. The number of aliphatic hydroxyl groups is 1. The van der Waals surface area contributed by atoms with Gasteiger partial charge in [-0.25, -0.2) is 0 Å². The zero-order valence-electron chi connectivity index (χ0n) is 13.8. The lowest BCUT2D eigenvalue weighted by atomic mass is 10.2. The number of rotatable bonds is 6. The summed E-state index contributed by atoms with van der Waals surface area (Å²) in [5.74, 6) is 0.0140. The number of pyridine rings is 1. The number of carbonyl (C=O) groups is 1. The van der Waals surface area contributed by atoms with E-state index in [4.69, 9.17) is 4.74 Å². The molecule has 2 aromatic rings. The smallest absolute Gasteiger partial charge is 0.255 e. The predicted octanol–water partition coefficient (Wildman–Crippen LogP) is -0.115. The van der Waals surface area contributed by atoms with Crippen molar-refractivity contribution in [3.63, 3.8) is 0 Å². The molecule has 2 aromatic heterocycles. The number of β-amino-alcohol motifs (C(OH)–C–C–N with tert-alkyl or cyclic N) is 1. The van der Waals surface area contributed by atoms with E-state index in [2.05, 4.69) is 15.1 Å². The summed E-state index contributed by atoms with van der Waals surface area (Å²) in [5.41, 5.74) is 1.35. The molecular weight excluding hydrogens is 310 g/mol. The average molecular weight is 333 g/mol. The van der Waals surface area contributed by atoms with Crippen molar-refractivity contribution in [2.45, 2.75) is 13.0 Å². The Kier molecular flexibility index (Phi) is 5.39. The van der Waals surface area contributed by atoms with Crippen molar-refractivity contribution in [1.29, 1.82) is 0 Å². The van der Waals surface area contributed by atoms with Gasteiger partial charge >= 0.3 is 0 Å². The van der Waals surface area contributed by atoms with Crippen molar-refractivity contribution in [3.05, 3.63) is 30.2 Å². The fourth-order valence-electron chi connectivity index (χ4n) is 2.87. The van der Waals surface area contributed by atoms with Crippen LogP contribution in [0, 0.1) is 0 Å². The molecule has 1 aliphatic rings. The first-order valence-electron chi connectivity index (χ1n) is 8.24. The van der Waals surface area contributed by atoms with E-state index in [1.165, 1.54) is 0 Å². The molecule has 8 heteroatoms. The average Bonchev–Trinajstić information content (AvgIpc) is 3.07. The molecule has 0 aromatic carbocycles. The molecule has 1 atom stereocenters. The Labute approximate surface area is 140 Å². The van der Waals surface area contributed by atoms with Crippen molar-refractivity contribution in [1.82, 2.24) is 24.4 Å². The normalized spacial score (nSPS) is 17.3. The highest BCUT2D eigenvalue weighted by Crippen LogP contribution is 2.10. The minimum absolute atomic E-state index is 0.0140.